The fraction of sp³-hybridized carbons (Fsp3) is 0.625. The van der Waals surface area contributed by atoms with E-state index in [2.05, 4.69) is 19.2 Å². The highest BCUT2D eigenvalue weighted by Gasteiger charge is 2.13. The first-order chi connectivity index (χ1) is 9.95. The van der Waals surface area contributed by atoms with Crippen LogP contribution >= 0.6 is 11.6 Å². The lowest BCUT2D eigenvalue weighted by molar-refractivity contribution is 0.103. The largest absolute Gasteiger partial charge is 0.491 e. The quantitative estimate of drug-likeness (QED) is 0.688. The lowest BCUT2D eigenvalue weighted by Crippen LogP contribution is -2.33. The third kappa shape index (κ3) is 6.22. The lowest BCUT2D eigenvalue weighted by Gasteiger charge is -2.18. The Balaban J connectivity index is 2.56. The number of rotatable bonds is 9. The zero-order chi connectivity index (χ0) is 15.8. The molecule has 0 spiro atoms. The second-order valence-corrected chi connectivity index (χ2v) is 5.86. The highest BCUT2D eigenvalue weighted by molar-refractivity contribution is 6.31. The topological polar surface area (TPSA) is 50.7 Å². The molecule has 0 saturated carbocycles. The number of ether oxygens (including phenoxy) is 2. The monoisotopic (exact) mass is 315 g/mol. The third-order valence-electron chi connectivity index (χ3n) is 3.21. The average Bonchev–Trinajstić information content (AvgIpc) is 2.44. The van der Waals surface area contributed by atoms with Crippen LogP contribution in [0.3, 0.4) is 0 Å². The number of methoxy groups -OCH3 is 1. The number of aryl methyl sites for hydroxylation is 1. The first-order valence-electron chi connectivity index (χ1n) is 7.26. The predicted molar refractivity (Wildman–Crippen MR) is 86.5 cm³/mol. The van der Waals surface area contributed by atoms with Crippen LogP contribution < -0.4 is 10.1 Å². The Morgan fingerprint density at radius 1 is 1.33 bits per heavy atom. The molecule has 1 aromatic rings. The van der Waals surface area contributed by atoms with Crippen molar-refractivity contribution in [2.45, 2.75) is 32.8 Å². The molecule has 21 heavy (non-hydrogen) atoms. The fourth-order valence-electron chi connectivity index (χ4n) is 1.93. The van der Waals surface area contributed by atoms with Gasteiger partial charge in [-0.15, -0.1) is 0 Å². The molecule has 1 rings (SSSR count). The van der Waals surface area contributed by atoms with E-state index >= 15 is 0 Å². The summed E-state index contributed by atoms with van der Waals surface area (Å²) >= 11 is 6.16. The zero-order valence-electron chi connectivity index (χ0n) is 13.3. The molecular formula is C16H26ClNO3. The summed E-state index contributed by atoms with van der Waals surface area (Å²) in [5, 5.41) is 13.8. The molecule has 0 aliphatic carbocycles. The van der Waals surface area contributed by atoms with Crippen molar-refractivity contribution in [3.05, 3.63) is 28.3 Å². The molecule has 0 saturated heterocycles. The van der Waals surface area contributed by atoms with Gasteiger partial charge in [0.25, 0.3) is 0 Å². The van der Waals surface area contributed by atoms with Gasteiger partial charge in [0.15, 0.2) is 0 Å². The highest BCUT2D eigenvalue weighted by Crippen LogP contribution is 2.32. The van der Waals surface area contributed by atoms with E-state index < -0.39 is 6.10 Å². The molecule has 4 nitrogen and oxygen atoms in total. The van der Waals surface area contributed by atoms with E-state index in [0.29, 0.717) is 25.6 Å². The van der Waals surface area contributed by atoms with Crippen molar-refractivity contribution < 1.29 is 14.6 Å². The second-order valence-electron chi connectivity index (χ2n) is 5.46. The number of aliphatic hydroxyl groups excluding tert-OH is 1. The van der Waals surface area contributed by atoms with Crippen LogP contribution in [0.5, 0.6) is 5.75 Å². The number of aliphatic hydroxyl groups is 1. The van der Waals surface area contributed by atoms with Crippen molar-refractivity contribution in [3.8, 4) is 5.75 Å². The molecule has 0 fully saturated rings. The third-order valence-corrected chi connectivity index (χ3v) is 3.61. The van der Waals surface area contributed by atoms with Crippen LogP contribution in [0, 0.1) is 6.92 Å². The number of hydrogen-bond donors (Lipinski definition) is 2. The smallest absolute Gasteiger partial charge is 0.123 e. The summed E-state index contributed by atoms with van der Waals surface area (Å²) in [4.78, 5) is 0. The van der Waals surface area contributed by atoms with Crippen LogP contribution in [-0.2, 0) is 4.74 Å². The van der Waals surface area contributed by atoms with Gasteiger partial charge >= 0.3 is 0 Å². The van der Waals surface area contributed by atoms with Gasteiger partial charge in [0.2, 0.25) is 0 Å². The van der Waals surface area contributed by atoms with Crippen molar-refractivity contribution in [2.24, 2.45) is 0 Å². The first-order valence-corrected chi connectivity index (χ1v) is 7.64. The van der Waals surface area contributed by atoms with Crippen molar-refractivity contribution in [2.75, 3.05) is 33.4 Å². The zero-order valence-corrected chi connectivity index (χ0v) is 14.0. The molecule has 0 bridgehead atoms. The van der Waals surface area contributed by atoms with Gasteiger partial charge in [-0.25, -0.2) is 0 Å². The van der Waals surface area contributed by atoms with Gasteiger partial charge in [0.1, 0.15) is 18.5 Å². The predicted octanol–water partition coefficient (Wildman–Crippen LogP) is 2.75. The van der Waals surface area contributed by atoms with E-state index in [0.717, 1.165) is 21.9 Å². The van der Waals surface area contributed by atoms with Gasteiger partial charge in [-0.3, -0.25) is 0 Å². The molecular weight excluding hydrogens is 290 g/mol. The molecule has 120 valence electrons. The summed E-state index contributed by atoms with van der Waals surface area (Å²) in [5.41, 5.74) is 2.04. The van der Waals surface area contributed by atoms with Crippen molar-refractivity contribution in [1.29, 1.82) is 0 Å². The molecule has 0 radical (unpaired) electrons. The SMILES string of the molecule is COCCNC[C@H](O)COc1cc(C)c(Cl)cc1C(C)C. The van der Waals surface area contributed by atoms with Gasteiger partial charge in [0.05, 0.1) is 6.61 Å². The number of hydrogen-bond acceptors (Lipinski definition) is 4. The van der Waals surface area contributed by atoms with Crippen LogP contribution in [-0.4, -0.2) is 44.6 Å². The van der Waals surface area contributed by atoms with Crippen LogP contribution in [0.4, 0.5) is 0 Å². The van der Waals surface area contributed by atoms with Gasteiger partial charge < -0.3 is 19.9 Å². The van der Waals surface area contributed by atoms with E-state index in [9.17, 15) is 5.11 Å². The Labute approximate surface area is 132 Å². The molecule has 1 aromatic carbocycles. The van der Waals surface area contributed by atoms with Gasteiger partial charge in [-0.05, 0) is 36.1 Å². The van der Waals surface area contributed by atoms with E-state index in [1.807, 2.05) is 19.1 Å². The summed E-state index contributed by atoms with van der Waals surface area (Å²) in [6.45, 7) is 8.20. The Morgan fingerprint density at radius 2 is 2.05 bits per heavy atom. The summed E-state index contributed by atoms with van der Waals surface area (Å²) in [7, 11) is 1.65. The second kappa shape index (κ2) is 9.26. The molecule has 0 heterocycles. The summed E-state index contributed by atoms with van der Waals surface area (Å²) in [6.07, 6.45) is -0.558. The van der Waals surface area contributed by atoms with Crippen LogP contribution in [0.1, 0.15) is 30.9 Å². The molecule has 0 amide bonds. The Kier molecular flexibility index (Phi) is 8.04. The van der Waals surface area contributed by atoms with Crippen molar-refractivity contribution in [1.82, 2.24) is 5.32 Å². The van der Waals surface area contributed by atoms with E-state index in [-0.39, 0.29) is 6.61 Å². The van der Waals surface area contributed by atoms with Crippen molar-refractivity contribution in [3.63, 3.8) is 0 Å². The molecule has 1 atom stereocenters. The Hall–Kier alpha value is -0.810. The van der Waals surface area contributed by atoms with E-state index in [1.54, 1.807) is 7.11 Å². The van der Waals surface area contributed by atoms with E-state index in [4.69, 9.17) is 21.1 Å². The molecule has 0 aliphatic heterocycles. The molecule has 0 aromatic heterocycles. The fourth-order valence-corrected chi connectivity index (χ4v) is 2.11. The van der Waals surface area contributed by atoms with Crippen LogP contribution in [0.2, 0.25) is 5.02 Å². The van der Waals surface area contributed by atoms with E-state index in [1.165, 1.54) is 0 Å². The standard InChI is InChI=1S/C16H26ClNO3/c1-11(2)14-8-15(17)12(3)7-16(14)21-10-13(19)9-18-5-6-20-4/h7-8,11,13,18-19H,5-6,9-10H2,1-4H3/t13-/m0/s1. The minimum atomic E-state index is -0.558. The van der Waals surface area contributed by atoms with Gasteiger partial charge in [-0.1, -0.05) is 25.4 Å². The highest BCUT2D eigenvalue weighted by atomic mass is 35.5. The minimum absolute atomic E-state index is 0.251. The summed E-state index contributed by atoms with van der Waals surface area (Å²) in [6, 6.07) is 3.88. The lowest BCUT2D eigenvalue weighted by atomic mass is 10.0. The molecule has 0 aliphatic rings. The van der Waals surface area contributed by atoms with Gasteiger partial charge in [-0.2, -0.15) is 0 Å². The number of halogens is 1. The maximum absolute atomic E-state index is 9.91. The van der Waals surface area contributed by atoms with Crippen molar-refractivity contribution >= 4 is 11.6 Å². The van der Waals surface area contributed by atoms with Crippen LogP contribution in [0.15, 0.2) is 12.1 Å². The summed E-state index contributed by atoms with van der Waals surface area (Å²) < 4.78 is 10.7. The first kappa shape index (κ1) is 18.2. The minimum Gasteiger partial charge on any atom is -0.491 e. The molecule has 2 N–H and O–H groups in total. The Morgan fingerprint density at radius 3 is 2.67 bits per heavy atom. The molecule has 5 heteroatoms. The normalized spacial score (nSPS) is 12.7. The maximum atomic E-state index is 9.91. The maximum Gasteiger partial charge on any atom is 0.123 e. The van der Waals surface area contributed by atoms with Crippen LogP contribution in [0.25, 0.3) is 0 Å². The number of nitrogens with one attached hydrogen (secondary N) is 1. The average molecular weight is 316 g/mol. The van der Waals surface area contributed by atoms with Gasteiger partial charge in [0, 0.05) is 25.2 Å². The number of benzene rings is 1. The molecule has 0 unspecified atom stereocenters. The summed E-state index contributed by atoms with van der Waals surface area (Å²) in [5.74, 6) is 1.11. The Bertz CT molecular complexity index is 438.